The number of hydrogen-bond donors (Lipinski definition) is 0. The third-order valence-corrected chi connectivity index (χ3v) is 1.53. The summed E-state index contributed by atoms with van der Waals surface area (Å²) in [5.41, 5.74) is 2.76. The molecule has 0 heteroatoms. The molecule has 1 rings (SSSR count). The van der Waals surface area contributed by atoms with Crippen molar-refractivity contribution in [3.05, 3.63) is 48.0 Å². The van der Waals surface area contributed by atoms with Crippen molar-refractivity contribution in [2.75, 3.05) is 0 Å². The lowest BCUT2D eigenvalue weighted by Crippen LogP contribution is -1.77. The van der Waals surface area contributed by atoms with Crippen LogP contribution in [-0.4, -0.2) is 0 Å². The van der Waals surface area contributed by atoms with Gasteiger partial charge in [-0.25, -0.2) is 0 Å². The number of allylic oxidation sites excluding steroid dienone is 1. The normalized spacial score (nSPS) is 7.50. The quantitative estimate of drug-likeness (QED) is 0.562. The summed E-state index contributed by atoms with van der Waals surface area (Å²) in [4.78, 5) is 0. The van der Waals surface area contributed by atoms with Crippen molar-refractivity contribution in [2.45, 2.75) is 41.0 Å². The zero-order chi connectivity index (χ0) is 11.4. The fourth-order valence-electron chi connectivity index (χ4n) is 0.824. The van der Waals surface area contributed by atoms with Crippen molar-refractivity contribution < 1.29 is 0 Å². The maximum absolute atomic E-state index is 3.36. The summed E-state index contributed by atoms with van der Waals surface area (Å²) in [7, 11) is 0. The van der Waals surface area contributed by atoms with Gasteiger partial charge in [-0.15, -0.1) is 6.58 Å². The highest BCUT2D eigenvalue weighted by molar-refractivity contribution is 5.20. The average molecular weight is 192 g/mol. The summed E-state index contributed by atoms with van der Waals surface area (Å²) >= 11 is 0. The lowest BCUT2D eigenvalue weighted by Gasteiger charge is -1.94. The molecule has 1 aromatic carbocycles. The van der Waals surface area contributed by atoms with Crippen LogP contribution in [-0.2, 0) is 6.42 Å². The lowest BCUT2D eigenvalue weighted by atomic mass is 10.1. The molecule has 0 nitrogen and oxygen atoms in total. The van der Waals surface area contributed by atoms with Gasteiger partial charge in [0.25, 0.3) is 0 Å². The van der Waals surface area contributed by atoms with E-state index in [0.717, 1.165) is 6.42 Å². The first kappa shape index (κ1) is 15.4. The first-order valence-electron chi connectivity index (χ1n) is 5.37. The topological polar surface area (TPSA) is 0 Å². The van der Waals surface area contributed by atoms with Crippen LogP contribution in [0.3, 0.4) is 0 Å². The van der Waals surface area contributed by atoms with Crippen LogP contribution < -0.4 is 0 Å². The molecule has 0 radical (unpaired) electrons. The van der Waals surface area contributed by atoms with Gasteiger partial charge in [0.05, 0.1) is 0 Å². The van der Waals surface area contributed by atoms with Crippen LogP contribution in [0.1, 0.15) is 38.8 Å². The Labute approximate surface area is 89.7 Å². The van der Waals surface area contributed by atoms with E-state index in [4.69, 9.17) is 0 Å². The van der Waals surface area contributed by atoms with Gasteiger partial charge in [-0.3, -0.25) is 0 Å². The maximum atomic E-state index is 3.36. The van der Waals surface area contributed by atoms with E-state index >= 15 is 0 Å². The van der Waals surface area contributed by atoms with Crippen LogP contribution in [0.25, 0.3) is 0 Å². The highest BCUT2D eigenvalue weighted by Crippen LogP contribution is 2.02. The van der Waals surface area contributed by atoms with Crippen molar-refractivity contribution in [1.29, 1.82) is 0 Å². The van der Waals surface area contributed by atoms with Crippen LogP contribution >= 0.6 is 0 Å². The molecule has 0 fully saturated rings. The van der Waals surface area contributed by atoms with Crippen molar-refractivity contribution in [3.63, 3.8) is 0 Å². The van der Waals surface area contributed by atoms with Crippen LogP contribution in [0.15, 0.2) is 36.9 Å². The molecule has 14 heavy (non-hydrogen) atoms. The molecule has 0 N–H and O–H groups in total. The van der Waals surface area contributed by atoms with Crippen LogP contribution in [0, 0.1) is 6.92 Å². The molecular weight excluding hydrogens is 168 g/mol. The van der Waals surface area contributed by atoms with Gasteiger partial charge >= 0.3 is 0 Å². The largest absolute Gasteiger partial charge is 0.103 e. The summed E-state index contributed by atoms with van der Waals surface area (Å²) in [5, 5.41) is 0. The van der Waals surface area contributed by atoms with E-state index in [9.17, 15) is 0 Å². The highest BCUT2D eigenvalue weighted by Gasteiger charge is 1.84. The molecule has 0 aliphatic rings. The predicted octanol–water partition coefficient (Wildman–Crippen LogP) is 4.78. The lowest BCUT2D eigenvalue weighted by molar-refractivity contribution is 1.14. The predicted molar refractivity (Wildman–Crippen MR) is 67.8 cm³/mol. The van der Waals surface area contributed by atoms with Crippen molar-refractivity contribution >= 4 is 0 Å². The number of benzene rings is 1. The third-order valence-electron chi connectivity index (χ3n) is 1.53. The Hall–Kier alpha value is -1.04. The second-order valence-corrected chi connectivity index (χ2v) is 2.75. The van der Waals surface area contributed by atoms with E-state index in [1.807, 2.05) is 20.8 Å². The molecule has 1 aromatic rings. The first-order valence-corrected chi connectivity index (χ1v) is 5.37. The number of aryl methyl sites for hydroxylation is 2. The minimum atomic E-state index is 1.14. The monoisotopic (exact) mass is 192 g/mol. The van der Waals surface area contributed by atoms with Gasteiger partial charge in [0, 0.05) is 0 Å². The molecule has 0 amide bonds. The molecule has 0 saturated carbocycles. The molecule has 0 saturated heterocycles. The van der Waals surface area contributed by atoms with Crippen LogP contribution in [0.2, 0.25) is 0 Å². The fourth-order valence-corrected chi connectivity index (χ4v) is 0.824. The average Bonchev–Trinajstić information content (AvgIpc) is 2.23. The second kappa shape index (κ2) is 12.0. The summed E-state index contributed by atoms with van der Waals surface area (Å²) < 4.78 is 0. The van der Waals surface area contributed by atoms with Crippen molar-refractivity contribution in [3.8, 4) is 0 Å². The SMILES string of the molecule is C=CC.CC.CCc1ccc(C)cc1. The minimum absolute atomic E-state index is 1.14. The van der Waals surface area contributed by atoms with E-state index in [1.165, 1.54) is 11.1 Å². The van der Waals surface area contributed by atoms with Crippen molar-refractivity contribution in [1.82, 2.24) is 0 Å². The molecule has 80 valence electrons. The van der Waals surface area contributed by atoms with Gasteiger partial charge in [0.1, 0.15) is 0 Å². The molecule has 0 bridgehead atoms. The Morgan fingerprint density at radius 1 is 1.14 bits per heavy atom. The summed E-state index contributed by atoms with van der Waals surface area (Å²) in [6.07, 6.45) is 2.89. The Balaban J connectivity index is 0. The first-order chi connectivity index (χ1) is 6.74. The molecule has 0 atom stereocenters. The van der Waals surface area contributed by atoms with Gasteiger partial charge in [-0.1, -0.05) is 56.7 Å². The van der Waals surface area contributed by atoms with E-state index in [2.05, 4.69) is 44.7 Å². The summed E-state index contributed by atoms with van der Waals surface area (Å²) in [5.74, 6) is 0. The Bertz CT molecular complexity index is 206. The molecule has 0 unspecified atom stereocenters. The fraction of sp³-hybridized carbons (Fsp3) is 0.429. The Kier molecular flexibility index (Phi) is 13.2. The third kappa shape index (κ3) is 9.05. The van der Waals surface area contributed by atoms with E-state index in [-0.39, 0.29) is 0 Å². The zero-order valence-electron chi connectivity index (χ0n) is 10.3. The molecule has 0 spiro atoms. The minimum Gasteiger partial charge on any atom is -0.103 e. The highest BCUT2D eigenvalue weighted by atomic mass is 13.9. The Morgan fingerprint density at radius 2 is 1.50 bits per heavy atom. The van der Waals surface area contributed by atoms with Gasteiger partial charge < -0.3 is 0 Å². The molecule has 0 aromatic heterocycles. The summed E-state index contributed by atoms with van der Waals surface area (Å²) in [6.45, 7) is 13.5. The smallest absolute Gasteiger partial charge is 0.0307 e. The van der Waals surface area contributed by atoms with Gasteiger partial charge in [0.15, 0.2) is 0 Å². The van der Waals surface area contributed by atoms with Gasteiger partial charge in [0.2, 0.25) is 0 Å². The van der Waals surface area contributed by atoms with Gasteiger partial charge in [-0.05, 0) is 25.8 Å². The van der Waals surface area contributed by atoms with Gasteiger partial charge in [-0.2, -0.15) is 0 Å². The van der Waals surface area contributed by atoms with Crippen LogP contribution in [0.5, 0.6) is 0 Å². The van der Waals surface area contributed by atoms with Crippen LogP contribution in [0.4, 0.5) is 0 Å². The number of hydrogen-bond acceptors (Lipinski definition) is 0. The summed E-state index contributed by atoms with van der Waals surface area (Å²) in [6, 6.07) is 8.66. The maximum Gasteiger partial charge on any atom is -0.0307 e. The number of rotatable bonds is 1. The van der Waals surface area contributed by atoms with Crippen molar-refractivity contribution in [2.24, 2.45) is 0 Å². The zero-order valence-corrected chi connectivity index (χ0v) is 10.3. The van der Waals surface area contributed by atoms with E-state index in [1.54, 1.807) is 6.08 Å². The molecule has 0 heterocycles. The second-order valence-electron chi connectivity index (χ2n) is 2.75. The van der Waals surface area contributed by atoms with E-state index in [0.29, 0.717) is 0 Å². The molecule has 0 aliphatic heterocycles. The molecule has 0 aliphatic carbocycles. The standard InChI is InChI=1S/C9H12.C3H6.C2H6/c1-3-9-6-4-8(2)5-7-9;1-3-2;1-2/h4-7H,3H2,1-2H3;3H,1H2,2H3;1-2H3. The Morgan fingerprint density at radius 3 is 1.79 bits per heavy atom. The van der Waals surface area contributed by atoms with E-state index < -0.39 is 0 Å². The molecular formula is C14H24.